The first-order valence-corrected chi connectivity index (χ1v) is 9.97. The van der Waals surface area contributed by atoms with Crippen LogP contribution in [0.3, 0.4) is 0 Å². The molecule has 1 heterocycles. The summed E-state index contributed by atoms with van der Waals surface area (Å²) in [5.41, 5.74) is 0.311. The molecule has 0 amide bonds. The highest BCUT2D eigenvalue weighted by molar-refractivity contribution is 7.99. The van der Waals surface area contributed by atoms with Gasteiger partial charge in [-0.05, 0) is 18.3 Å². The smallest absolute Gasteiger partial charge is 0.215 e. The summed E-state index contributed by atoms with van der Waals surface area (Å²) in [6.07, 6.45) is 3.66. The second-order valence-corrected chi connectivity index (χ2v) is 9.53. The van der Waals surface area contributed by atoms with Crippen molar-refractivity contribution in [1.29, 1.82) is 0 Å². The van der Waals surface area contributed by atoms with Crippen LogP contribution in [0.4, 0.5) is 0 Å². The lowest BCUT2D eigenvalue weighted by atomic mass is 9.87. The summed E-state index contributed by atoms with van der Waals surface area (Å²) in [6.45, 7) is 6.49. The predicted molar refractivity (Wildman–Crippen MR) is 82.1 cm³/mol. The van der Waals surface area contributed by atoms with Gasteiger partial charge in [0, 0.05) is 37.2 Å². The van der Waals surface area contributed by atoms with Gasteiger partial charge >= 0.3 is 0 Å². The first-order chi connectivity index (χ1) is 8.92. The second-order valence-electron chi connectivity index (χ2n) is 6.21. The molecule has 2 rings (SSSR count). The lowest BCUT2D eigenvalue weighted by Gasteiger charge is -2.29. The minimum Gasteiger partial charge on any atom is -0.312 e. The van der Waals surface area contributed by atoms with Gasteiger partial charge in [-0.3, -0.25) is 0 Å². The number of nitrogens with one attached hydrogen (secondary N) is 1. The molecule has 0 radical (unpaired) electrons. The van der Waals surface area contributed by atoms with Gasteiger partial charge in [-0.15, -0.1) is 0 Å². The van der Waals surface area contributed by atoms with Crippen molar-refractivity contribution >= 4 is 21.8 Å². The number of thioether (sulfide) groups is 1. The molecule has 1 aliphatic heterocycles. The van der Waals surface area contributed by atoms with Crippen molar-refractivity contribution < 1.29 is 8.42 Å². The van der Waals surface area contributed by atoms with E-state index in [4.69, 9.17) is 0 Å². The molecule has 0 aromatic heterocycles. The maximum absolute atomic E-state index is 12.2. The van der Waals surface area contributed by atoms with Crippen LogP contribution in [0.15, 0.2) is 0 Å². The Morgan fingerprint density at radius 1 is 1.32 bits per heavy atom. The molecule has 2 fully saturated rings. The van der Waals surface area contributed by atoms with E-state index in [0.29, 0.717) is 31.1 Å². The normalized spacial score (nSPS) is 28.6. The lowest BCUT2D eigenvalue weighted by Crippen LogP contribution is -2.44. The molecular weight excluding hydrogens is 280 g/mol. The molecule has 1 aliphatic carbocycles. The van der Waals surface area contributed by atoms with Crippen molar-refractivity contribution in [2.75, 3.05) is 36.9 Å². The van der Waals surface area contributed by atoms with Crippen LogP contribution in [0.25, 0.3) is 0 Å². The van der Waals surface area contributed by atoms with Crippen LogP contribution in [-0.4, -0.2) is 55.7 Å². The maximum Gasteiger partial charge on any atom is 0.215 e. The average Bonchev–Trinajstić information content (AvgIpc) is 2.70. The summed E-state index contributed by atoms with van der Waals surface area (Å²) in [6, 6.07) is 0.472. The minimum absolute atomic E-state index is 0.240. The summed E-state index contributed by atoms with van der Waals surface area (Å²) in [4.78, 5) is 0. The van der Waals surface area contributed by atoms with Crippen molar-refractivity contribution in [3.8, 4) is 0 Å². The number of nitrogens with zero attached hydrogens (tertiary/aromatic N) is 1. The van der Waals surface area contributed by atoms with E-state index in [1.54, 1.807) is 4.31 Å². The molecule has 0 aromatic carbocycles. The molecule has 1 saturated heterocycles. The molecular formula is C13H26N2O2S2. The van der Waals surface area contributed by atoms with Crippen molar-refractivity contribution in [1.82, 2.24) is 9.62 Å². The number of sulfonamides is 1. The molecule has 0 bridgehead atoms. The largest absolute Gasteiger partial charge is 0.312 e. The predicted octanol–water partition coefficient (Wildman–Crippen LogP) is 1.53. The maximum atomic E-state index is 12.2. The second kappa shape index (κ2) is 6.33. The van der Waals surface area contributed by atoms with Crippen LogP contribution in [-0.2, 0) is 10.0 Å². The van der Waals surface area contributed by atoms with E-state index < -0.39 is 10.0 Å². The van der Waals surface area contributed by atoms with Gasteiger partial charge in [0.2, 0.25) is 10.0 Å². The van der Waals surface area contributed by atoms with Crippen LogP contribution >= 0.6 is 11.8 Å². The van der Waals surface area contributed by atoms with Gasteiger partial charge in [0.25, 0.3) is 0 Å². The summed E-state index contributed by atoms with van der Waals surface area (Å²) < 4.78 is 26.1. The zero-order valence-corrected chi connectivity index (χ0v) is 13.7. The first kappa shape index (κ1) is 15.6. The third-order valence-electron chi connectivity index (χ3n) is 4.37. The van der Waals surface area contributed by atoms with Crippen LogP contribution in [0, 0.1) is 5.41 Å². The van der Waals surface area contributed by atoms with Gasteiger partial charge in [-0.25, -0.2) is 12.7 Å². The Bertz CT molecular complexity index is 389. The fraction of sp³-hybridized carbons (Fsp3) is 1.00. The molecule has 1 N–H and O–H groups in total. The standard InChI is InChI=1S/C13H26N2O2S2/c1-13(2)5-3-4-12(13)14-6-11-19(16,17)15-7-9-18-10-8-15/h12,14H,3-11H2,1-2H3/t12-/m0/s1. The molecule has 2 aliphatic rings. The van der Waals surface area contributed by atoms with Crippen LogP contribution in [0.2, 0.25) is 0 Å². The van der Waals surface area contributed by atoms with Crippen molar-refractivity contribution in [2.24, 2.45) is 5.41 Å². The Morgan fingerprint density at radius 2 is 2.00 bits per heavy atom. The molecule has 4 nitrogen and oxygen atoms in total. The fourth-order valence-corrected chi connectivity index (χ4v) is 5.53. The Kier molecular flexibility index (Phi) is 5.20. The molecule has 6 heteroatoms. The summed E-state index contributed by atoms with van der Waals surface area (Å²) in [5, 5.41) is 3.46. The lowest BCUT2D eigenvalue weighted by molar-refractivity contribution is 0.287. The van der Waals surface area contributed by atoms with Crippen molar-refractivity contribution in [3.63, 3.8) is 0 Å². The SMILES string of the molecule is CC1(C)CCC[C@@H]1NCCS(=O)(=O)N1CCSCC1. The Hall–Kier alpha value is 0.220. The molecule has 0 aromatic rings. The van der Waals surface area contributed by atoms with Crippen LogP contribution in [0.5, 0.6) is 0 Å². The Labute approximate surface area is 121 Å². The molecule has 1 saturated carbocycles. The van der Waals surface area contributed by atoms with Crippen molar-refractivity contribution in [2.45, 2.75) is 39.2 Å². The first-order valence-electron chi connectivity index (χ1n) is 7.21. The highest BCUT2D eigenvalue weighted by atomic mass is 32.2. The van der Waals surface area contributed by atoms with E-state index in [-0.39, 0.29) is 5.75 Å². The van der Waals surface area contributed by atoms with Gasteiger partial charge < -0.3 is 5.32 Å². The van der Waals surface area contributed by atoms with E-state index in [9.17, 15) is 8.42 Å². The topological polar surface area (TPSA) is 49.4 Å². The zero-order chi connectivity index (χ0) is 13.9. The Balaban J connectivity index is 1.78. The minimum atomic E-state index is -3.05. The van der Waals surface area contributed by atoms with E-state index >= 15 is 0 Å². The van der Waals surface area contributed by atoms with Crippen LogP contribution in [0.1, 0.15) is 33.1 Å². The van der Waals surface area contributed by atoms with E-state index in [2.05, 4.69) is 19.2 Å². The van der Waals surface area contributed by atoms with Gasteiger partial charge in [0.1, 0.15) is 0 Å². The number of hydrogen-bond donors (Lipinski definition) is 1. The molecule has 112 valence electrons. The number of rotatable bonds is 5. The van der Waals surface area contributed by atoms with Gasteiger partial charge in [-0.2, -0.15) is 11.8 Å². The van der Waals surface area contributed by atoms with E-state index in [1.165, 1.54) is 19.3 Å². The average molecular weight is 306 g/mol. The van der Waals surface area contributed by atoms with E-state index in [1.807, 2.05) is 11.8 Å². The Morgan fingerprint density at radius 3 is 2.58 bits per heavy atom. The van der Waals surface area contributed by atoms with Gasteiger partial charge in [0.05, 0.1) is 5.75 Å². The van der Waals surface area contributed by atoms with Crippen molar-refractivity contribution in [3.05, 3.63) is 0 Å². The fourth-order valence-electron chi connectivity index (χ4n) is 3.02. The van der Waals surface area contributed by atoms with Crippen LogP contribution < -0.4 is 5.32 Å². The summed E-state index contributed by atoms with van der Waals surface area (Å²) in [5.74, 6) is 2.11. The van der Waals surface area contributed by atoms with Gasteiger partial charge in [0.15, 0.2) is 0 Å². The monoisotopic (exact) mass is 306 g/mol. The summed E-state index contributed by atoms with van der Waals surface area (Å²) in [7, 11) is -3.05. The third-order valence-corrected chi connectivity index (χ3v) is 7.19. The highest BCUT2D eigenvalue weighted by Crippen LogP contribution is 2.36. The van der Waals surface area contributed by atoms with Gasteiger partial charge in [-0.1, -0.05) is 20.3 Å². The molecule has 19 heavy (non-hydrogen) atoms. The zero-order valence-electron chi connectivity index (χ0n) is 12.0. The highest BCUT2D eigenvalue weighted by Gasteiger charge is 2.34. The quantitative estimate of drug-likeness (QED) is 0.837. The molecule has 0 unspecified atom stereocenters. The molecule has 0 spiro atoms. The third kappa shape index (κ3) is 4.09. The number of hydrogen-bond acceptors (Lipinski definition) is 4. The molecule has 1 atom stereocenters. The summed E-state index contributed by atoms with van der Waals surface area (Å²) >= 11 is 1.84. The van der Waals surface area contributed by atoms with E-state index in [0.717, 1.165) is 11.5 Å².